The summed E-state index contributed by atoms with van der Waals surface area (Å²) in [6.07, 6.45) is 6.54. The molecule has 3 rings (SSSR count). The van der Waals surface area contributed by atoms with E-state index in [9.17, 15) is 8.78 Å². The summed E-state index contributed by atoms with van der Waals surface area (Å²) in [5.41, 5.74) is 6.85. The fourth-order valence-corrected chi connectivity index (χ4v) is 3.90. The van der Waals surface area contributed by atoms with Gasteiger partial charge in [0.05, 0.1) is 0 Å². The van der Waals surface area contributed by atoms with Crippen molar-refractivity contribution in [2.24, 2.45) is 5.73 Å². The molecular formula is C16H22F2N2. The summed E-state index contributed by atoms with van der Waals surface area (Å²) in [6, 6.07) is 5.27. The molecule has 2 N–H and O–H groups in total. The number of benzene rings is 1. The molecule has 0 saturated carbocycles. The summed E-state index contributed by atoms with van der Waals surface area (Å²) in [4.78, 5) is 2.52. The van der Waals surface area contributed by atoms with Gasteiger partial charge in [-0.15, -0.1) is 0 Å². The van der Waals surface area contributed by atoms with Crippen LogP contribution in [-0.2, 0) is 6.42 Å². The molecule has 110 valence electrons. The van der Waals surface area contributed by atoms with Crippen molar-refractivity contribution in [2.75, 3.05) is 6.54 Å². The predicted octanol–water partition coefficient (Wildman–Crippen LogP) is 2.85. The highest BCUT2D eigenvalue weighted by atomic mass is 19.1. The SMILES string of the molecule is NC1CC2CCCC(C1)N2CCc1cc(F)cc(F)c1. The van der Waals surface area contributed by atoms with Crippen molar-refractivity contribution >= 4 is 0 Å². The Hall–Kier alpha value is -1.00. The maximum Gasteiger partial charge on any atom is 0.126 e. The lowest BCUT2D eigenvalue weighted by molar-refractivity contribution is 0.0327. The van der Waals surface area contributed by atoms with E-state index in [2.05, 4.69) is 4.90 Å². The fraction of sp³-hybridized carbons (Fsp3) is 0.625. The Bertz CT molecular complexity index is 443. The molecule has 2 aliphatic rings. The Kier molecular flexibility index (Phi) is 4.03. The molecule has 1 aromatic carbocycles. The number of hydrogen-bond donors (Lipinski definition) is 1. The van der Waals surface area contributed by atoms with Gasteiger partial charge in [-0.3, -0.25) is 4.90 Å². The molecule has 2 nitrogen and oxygen atoms in total. The summed E-state index contributed by atoms with van der Waals surface area (Å²) in [5, 5.41) is 0. The van der Waals surface area contributed by atoms with Crippen LogP contribution in [0.2, 0.25) is 0 Å². The molecule has 0 aromatic heterocycles. The smallest absolute Gasteiger partial charge is 0.126 e. The number of hydrogen-bond acceptors (Lipinski definition) is 2. The Morgan fingerprint density at radius 1 is 1.05 bits per heavy atom. The summed E-state index contributed by atoms with van der Waals surface area (Å²) in [7, 11) is 0. The van der Waals surface area contributed by atoms with Crippen LogP contribution in [-0.4, -0.2) is 29.6 Å². The molecule has 2 atom stereocenters. The minimum atomic E-state index is -0.485. The highest BCUT2D eigenvalue weighted by Gasteiger charge is 2.36. The monoisotopic (exact) mass is 280 g/mol. The van der Waals surface area contributed by atoms with E-state index in [-0.39, 0.29) is 0 Å². The normalized spacial score (nSPS) is 30.4. The van der Waals surface area contributed by atoms with Crippen LogP contribution in [0.5, 0.6) is 0 Å². The van der Waals surface area contributed by atoms with Crippen LogP contribution in [0.3, 0.4) is 0 Å². The van der Waals surface area contributed by atoms with E-state index in [0.717, 1.165) is 31.0 Å². The van der Waals surface area contributed by atoms with Gasteiger partial charge in [0.25, 0.3) is 0 Å². The van der Waals surface area contributed by atoms with E-state index in [1.54, 1.807) is 0 Å². The van der Waals surface area contributed by atoms with Gasteiger partial charge in [-0.05, 0) is 49.8 Å². The average molecular weight is 280 g/mol. The van der Waals surface area contributed by atoms with Crippen LogP contribution < -0.4 is 5.73 Å². The second-order valence-corrected chi connectivity index (χ2v) is 6.24. The Balaban J connectivity index is 1.65. The largest absolute Gasteiger partial charge is 0.328 e. The quantitative estimate of drug-likeness (QED) is 0.922. The van der Waals surface area contributed by atoms with Crippen molar-refractivity contribution in [1.82, 2.24) is 4.90 Å². The van der Waals surface area contributed by atoms with Gasteiger partial charge in [-0.2, -0.15) is 0 Å². The molecule has 0 amide bonds. The van der Waals surface area contributed by atoms with Gasteiger partial charge in [-0.1, -0.05) is 6.42 Å². The highest BCUT2D eigenvalue weighted by molar-refractivity contribution is 5.18. The first-order chi connectivity index (χ1) is 9.61. The molecule has 4 heteroatoms. The first-order valence-corrected chi connectivity index (χ1v) is 7.58. The maximum atomic E-state index is 13.2. The van der Waals surface area contributed by atoms with Gasteiger partial charge >= 0.3 is 0 Å². The van der Waals surface area contributed by atoms with Crippen LogP contribution in [0.25, 0.3) is 0 Å². The number of rotatable bonds is 3. The lowest BCUT2D eigenvalue weighted by Crippen LogP contribution is -2.55. The first kappa shape index (κ1) is 14.0. The number of halogens is 2. The van der Waals surface area contributed by atoms with E-state index in [0.29, 0.717) is 24.5 Å². The number of piperidine rings is 2. The molecule has 2 unspecified atom stereocenters. The van der Waals surface area contributed by atoms with E-state index in [1.165, 1.54) is 31.4 Å². The summed E-state index contributed by atoms with van der Waals surface area (Å²) in [5.74, 6) is -0.971. The lowest BCUT2D eigenvalue weighted by Gasteiger charge is -2.48. The van der Waals surface area contributed by atoms with Crippen molar-refractivity contribution in [3.05, 3.63) is 35.4 Å². The molecule has 0 spiro atoms. The zero-order valence-electron chi connectivity index (χ0n) is 11.7. The topological polar surface area (TPSA) is 29.3 Å². The zero-order valence-corrected chi connectivity index (χ0v) is 11.7. The molecule has 2 saturated heterocycles. The van der Waals surface area contributed by atoms with Crippen LogP contribution in [0.4, 0.5) is 8.78 Å². The van der Waals surface area contributed by atoms with Crippen molar-refractivity contribution in [3.63, 3.8) is 0 Å². The van der Waals surface area contributed by atoms with Crippen LogP contribution in [0.15, 0.2) is 18.2 Å². The second-order valence-electron chi connectivity index (χ2n) is 6.24. The molecule has 2 fully saturated rings. The van der Waals surface area contributed by atoms with E-state index >= 15 is 0 Å². The number of nitrogens with zero attached hydrogens (tertiary/aromatic N) is 1. The summed E-state index contributed by atoms with van der Waals surface area (Å²) >= 11 is 0. The molecule has 1 aromatic rings. The third kappa shape index (κ3) is 3.01. The highest BCUT2D eigenvalue weighted by Crippen LogP contribution is 2.33. The van der Waals surface area contributed by atoms with Gasteiger partial charge < -0.3 is 5.73 Å². The molecule has 2 bridgehead atoms. The third-order valence-electron chi connectivity index (χ3n) is 4.74. The lowest BCUT2D eigenvalue weighted by atomic mass is 9.82. The predicted molar refractivity (Wildman–Crippen MR) is 75.4 cm³/mol. The van der Waals surface area contributed by atoms with Crippen molar-refractivity contribution in [2.45, 2.75) is 56.7 Å². The van der Waals surface area contributed by atoms with Crippen molar-refractivity contribution in [3.8, 4) is 0 Å². The molecule has 0 radical (unpaired) electrons. The molecule has 2 aliphatic heterocycles. The number of nitrogens with two attached hydrogens (primary N) is 1. The maximum absolute atomic E-state index is 13.2. The van der Waals surface area contributed by atoms with Crippen LogP contribution in [0, 0.1) is 11.6 Å². The Morgan fingerprint density at radius 2 is 1.65 bits per heavy atom. The minimum absolute atomic E-state index is 0.327. The van der Waals surface area contributed by atoms with Gasteiger partial charge in [0.1, 0.15) is 11.6 Å². The molecule has 20 heavy (non-hydrogen) atoms. The van der Waals surface area contributed by atoms with Gasteiger partial charge in [-0.25, -0.2) is 8.78 Å². The average Bonchev–Trinajstić information content (AvgIpc) is 2.35. The van der Waals surface area contributed by atoms with Gasteiger partial charge in [0, 0.05) is 30.7 Å². The Labute approximate surface area is 118 Å². The molecular weight excluding hydrogens is 258 g/mol. The third-order valence-corrected chi connectivity index (χ3v) is 4.74. The van der Waals surface area contributed by atoms with Gasteiger partial charge in [0.2, 0.25) is 0 Å². The number of fused-ring (bicyclic) bond motifs is 2. The van der Waals surface area contributed by atoms with Crippen molar-refractivity contribution < 1.29 is 8.78 Å². The Morgan fingerprint density at radius 3 is 2.25 bits per heavy atom. The minimum Gasteiger partial charge on any atom is -0.328 e. The summed E-state index contributed by atoms with van der Waals surface area (Å²) < 4.78 is 26.4. The first-order valence-electron chi connectivity index (χ1n) is 7.58. The second kappa shape index (κ2) is 5.78. The molecule has 2 heterocycles. The fourth-order valence-electron chi connectivity index (χ4n) is 3.90. The zero-order chi connectivity index (χ0) is 14.1. The van der Waals surface area contributed by atoms with E-state index in [1.807, 2.05) is 0 Å². The standard InChI is InChI=1S/C16H22F2N2/c17-12-6-11(7-13(18)8-12)4-5-20-15-2-1-3-16(20)10-14(19)9-15/h6-8,14-16H,1-5,9-10,19H2. The van der Waals surface area contributed by atoms with Gasteiger partial charge in [0.15, 0.2) is 0 Å². The van der Waals surface area contributed by atoms with E-state index < -0.39 is 11.6 Å². The van der Waals surface area contributed by atoms with Crippen molar-refractivity contribution in [1.29, 1.82) is 0 Å². The van der Waals surface area contributed by atoms with Crippen LogP contribution >= 0.6 is 0 Å². The van der Waals surface area contributed by atoms with Crippen LogP contribution in [0.1, 0.15) is 37.7 Å². The molecule has 0 aliphatic carbocycles. The van der Waals surface area contributed by atoms with E-state index in [4.69, 9.17) is 5.73 Å². The summed E-state index contributed by atoms with van der Waals surface area (Å²) in [6.45, 7) is 0.880.